The largest absolute Gasteiger partial charge is 0.469 e. The quantitative estimate of drug-likeness (QED) is 0.775. The molecule has 94 valence electrons. The minimum atomic E-state index is -1.12. The standard InChI is InChI=1S/C12H15ClO3S/c1-9(12(14)16-2)7-17(15)8-10-5-3-4-6-11(10)13/h3-6,9H,7-8H2,1-2H3. The predicted molar refractivity (Wildman–Crippen MR) is 69.3 cm³/mol. The first-order valence-corrected chi connectivity index (χ1v) is 7.07. The van der Waals surface area contributed by atoms with Crippen molar-refractivity contribution in [2.75, 3.05) is 12.9 Å². The number of esters is 1. The first-order valence-electron chi connectivity index (χ1n) is 5.20. The van der Waals surface area contributed by atoms with Gasteiger partial charge in [-0.25, -0.2) is 0 Å². The van der Waals surface area contributed by atoms with Crippen LogP contribution in [0.5, 0.6) is 0 Å². The molecule has 0 aliphatic heterocycles. The number of ether oxygens (including phenoxy) is 1. The van der Waals surface area contributed by atoms with E-state index in [4.69, 9.17) is 11.6 Å². The molecule has 2 unspecified atom stereocenters. The smallest absolute Gasteiger partial charge is 0.309 e. The van der Waals surface area contributed by atoms with Gasteiger partial charge in [-0.15, -0.1) is 0 Å². The van der Waals surface area contributed by atoms with Crippen molar-refractivity contribution < 1.29 is 13.7 Å². The van der Waals surface area contributed by atoms with Crippen molar-refractivity contribution in [1.29, 1.82) is 0 Å². The minimum Gasteiger partial charge on any atom is -0.469 e. The van der Waals surface area contributed by atoms with Crippen molar-refractivity contribution >= 4 is 28.4 Å². The molecule has 0 aromatic heterocycles. The molecular formula is C12H15ClO3S. The van der Waals surface area contributed by atoms with Crippen LogP contribution in [0.15, 0.2) is 24.3 Å². The van der Waals surface area contributed by atoms with Crippen LogP contribution in [-0.2, 0) is 26.1 Å². The van der Waals surface area contributed by atoms with E-state index in [-0.39, 0.29) is 17.6 Å². The van der Waals surface area contributed by atoms with E-state index in [1.807, 2.05) is 18.2 Å². The summed E-state index contributed by atoms with van der Waals surface area (Å²) in [7, 11) is 0.210. The van der Waals surface area contributed by atoms with E-state index in [9.17, 15) is 9.00 Å². The van der Waals surface area contributed by atoms with Crippen molar-refractivity contribution in [1.82, 2.24) is 0 Å². The number of rotatable bonds is 5. The monoisotopic (exact) mass is 274 g/mol. The summed E-state index contributed by atoms with van der Waals surface area (Å²) in [5, 5.41) is 0.603. The van der Waals surface area contributed by atoms with Crippen molar-refractivity contribution in [2.45, 2.75) is 12.7 Å². The zero-order valence-corrected chi connectivity index (χ0v) is 11.4. The molecule has 5 heteroatoms. The lowest BCUT2D eigenvalue weighted by Gasteiger charge is -2.09. The molecule has 1 aromatic rings. The fourth-order valence-corrected chi connectivity index (χ4v) is 3.09. The third-order valence-corrected chi connectivity index (χ3v) is 4.19. The van der Waals surface area contributed by atoms with Crippen LogP contribution in [0.3, 0.4) is 0 Å². The van der Waals surface area contributed by atoms with E-state index in [0.717, 1.165) is 5.56 Å². The van der Waals surface area contributed by atoms with E-state index in [2.05, 4.69) is 4.74 Å². The number of carbonyl (C=O) groups excluding carboxylic acids is 1. The summed E-state index contributed by atoms with van der Waals surface area (Å²) in [4.78, 5) is 11.2. The Morgan fingerprint density at radius 1 is 1.47 bits per heavy atom. The Morgan fingerprint density at radius 3 is 2.71 bits per heavy atom. The number of hydrogen-bond acceptors (Lipinski definition) is 3. The minimum absolute atomic E-state index is 0.290. The first-order chi connectivity index (χ1) is 8.04. The molecule has 1 rings (SSSR count). The summed E-state index contributed by atoms with van der Waals surface area (Å²) in [6.07, 6.45) is 0. The highest BCUT2D eigenvalue weighted by molar-refractivity contribution is 7.84. The Kier molecular flexibility index (Phi) is 5.65. The number of benzene rings is 1. The zero-order chi connectivity index (χ0) is 12.8. The Hall–Kier alpha value is -0.870. The van der Waals surface area contributed by atoms with Crippen LogP contribution in [0.2, 0.25) is 5.02 Å². The molecule has 2 atom stereocenters. The normalized spacial score (nSPS) is 14.1. The zero-order valence-electron chi connectivity index (χ0n) is 9.81. The highest BCUT2D eigenvalue weighted by Gasteiger charge is 2.17. The van der Waals surface area contributed by atoms with Gasteiger partial charge in [-0.1, -0.05) is 36.7 Å². The van der Waals surface area contributed by atoms with Crippen LogP contribution in [0.25, 0.3) is 0 Å². The number of methoxy groups -OCH3 is 1. The fraction of sp³-hybridized carbons (Fsp3) is 0.417. The molecular weight excluding hydrogens is 260 g/mol. The molecule has 0 spiro atoms. The van der Waals surface area contributed by atoms with Gasteiger partial charge >= 0.3 is 5.97 Å². The first kappa shape index (κ1) is 14.2. The molecule has 0 aliphatic rings. The summed E-state index contributed by atoms with van der Waals surface area (Å²) in [5.74, 6) is -0.0420. The summed E-state index contributed by atoms with van der Waals surface area (Å²) < 4.78 is 16.4. The summed E-state index contributed by atoms with van der Waals surface area (Å²) in [6.45, 7) is 1.70. The van der Waals surface area contributed by atoms with Crippen LogP contribution in [0.4, 0.5) is 0 Å². The molecule has 0 bridgehead atoms. The van der Waals surface area contributed by atoms with E-state index < -0.39 is 10.8 Å². The van der Waals surface area contributed by atoms with E-state index in [1.54, 1.807) is 13.0 Å². The van der Waals surface area contributed by atoms with Gasteiger partial charge in [-0.3, -0.25) is 9.00 Å². The average Bonchev–Trinajstić information content (AvgIpc) is 2.31. The SMILES string of the molecule is COC(=O)C(C)CS(=O)Cc1ccccc1Cl. The summed E-state index contributed by atoms with van der Waals surface area (Å²) in [6, 6.07) is 7.27. The van der Waals surface area contributed by atoms with Crippen molar-refractivity contribution in [2.24, 2.45) is 5.92 Å². The second kappa shape index (κ2) is 6.77. The molecule has 0 aliphatic carbocycles. The topological polar surface area (TPSA) is 43.4 Å². The molecule has 3 nitrogen and oxygen atoms in total. The van der Waals surface area contributed by atoms with Gasteiger partial charge in [0, 0.05) is 21.6 Å². The van der Waals surface area contributed by atoms with Gasteiger partial charge in [0.15, 0.2) is 0 Å². The van der Waals surface area contributed by atoms with Gasteiger partial charge in [-0.2, -0.15) is 0 Å². The van der Waals surface area contributed by atoms with Crippen LogP contribution >= 0.6 is 11.6 Å². The molecule has 0 N–H and O–H groups in total. The van der Waals surface area contributed by atoms with Gasteiger partial charge in [0.25, 0.3) is 0 Å². The van der Waals surface area contributed by atoms with Gasteiger partial charge in [0.1, 0.15) is 0 Å². The summed E-state index contributed by atoms with van der Waals surface area (Å²) in [5.41, 5.74) is 0.838. The number of hydrogen-bond donors (Lipinski definition) is 0. The van der Waals surface area contributed by atoms with Crippen LogP contribution in [0, 0.1) is 5.92 Å². The van der Waals surface area contributed by atoms with Gasteiger partial charge in [0.2, 0.25) is 0 Å². The Morgan fingerprint density at radius 2 is 2.12 bits per heavy atom. The average molecular weight is 275 g/mol. The lowest BCUT2D eigenvalue weighted by molar-refractivity contribution is -0.144. The maximum atomic E-state index is 11.8. The fourth-order valence-electron chi connectivity index (χ4n) is 1.40. The second-order valence-corrected chi connectivity index (χ2v) is 5.68. The van der Waals surface area contributed by atoms with Crippen LogP contribution < -0.4 is 0 Å². The number of halogens is 1. The molecule has 0 fully saturated rings. The molecule has 0 amide bonds. The molecule has 0 radical (unpaired) electrons. The Bertz CT molecular complexity index is 420. The van der Waals surface area contributed by atoms with Crippen molar-refractivity contribution in [3.05, 3.63) is 34.9 Å². The third kappa shape index (κ3) is 4.48. The van der Waals surface area contributed by atoms with E-state index in [0.29, 0.717) is 10.8 Å². The molecule has 17 heavy (non-hydrogen) atoms. The molecule has 0 heterocycles. The Labute approximate surface area is 109 Å². The molecule has 1 aromatic carbocycles. The van der Waals surface area contributed by atoms with Gasteiger partial charge < -0.3 is 4.74 Å². The van der Waals surface area contributed by atoms with E-state index in [1.165, 1.54) is 7.11 Å². The lowest BCUT2D eigenvalue weighted by Crippen LogP contribution is -2.20. The van der Waals surface area contributed by atoms with Crippen LogP contribution in [-0.4, -0.2) is 23.0 Å². The maximum absolute atomic E-state index is 11.8. The van der Waals surface area contributed by atoms with Crippen molar-refractivity contribution in [3.63, 3.8) is 0 Å². The molecule has 0 saturated carbocycles. The highest BCUT2D eigenvalue weighted by atomic mass is 35.5. The number of carbonyl (C=O) groups is 1. The summed E-state index contributed by atoms with van der Waals surface area (Å²) >= 11 is 5.97. The second-order valence-electron chi connectivity index (χ2n) is 3.77. The highest BCUT2D eigenvalue weighted by Crippen LogP contribution is 2.17. The van der Waals surface area contributed by atoms with Crippen molar-refractivity contribution in [3.8, 4) is 0 Å². The van der Waals surface area contributed by atoms with Crippen LogP contribution in [0.1, 0.15) is 12.5 Å². The lowest BCUT2D eigenvalue weighted by atomic mass is 10.2. The third-order valence-electron chi connectivity index (χ3n) is 2.31. The van der Waals surface area contributed by atoms with Gasteiger partial charge in [-0.05, 0) is 11.6 Å². The van der Waals surface area contributed by atoms with E-state index >= 15 is 0 Å². The predicted octanol–water partition coefficient (Wildman–Crippen LogP) is 2.40. The maximum Gasteiger partial charge on any atom is 0.309 e. The van der Waals surface area contributed by atoms with Gasteiger partial charge in [0.05, 0.1) is 18.8 Å². The Balaban J connectivity index is 2.56. The molecule has 0 saturated heterocycles.